The van der Waals surface area contributed by atoms with Gasteiger partial charge in [0.1, 0.15) is 5.75 Å². The zero-order valence-corrected chi connectivity index (χ0v) is 10.5. The lowest BCUT2D eigenvalue weighted by Gasteiger charge is -2.06. The first-order chi connectivity index (χ1) is 8.88. The van der Waals surface area contributed by atoms with Crippen LogP contribution in [-0.4, -0.2) is 28.6 Å². The van der Waals surface area contributed by atoms with Crippen LogP contribution in [0.4, 0.5) is 0 Å². The van der Waals surface area contributed by atoms with Crippen molar-refractivity contribution in [3.8, 4) is 5.75 Å². The maximum Gasteiger partial charge on any atom is 0.119 e. The molecule has 0 spiro atoms. The van der Waals surface area contributed by atoms with Gasteiger partial charge in [-0.3, -0.25) is 4.68 Å². The molecule has 0 atom stereocenters. The van der Waals surface area contributed by atoms with Crippen molar-refractivity contribution in [2.75, 3.05) is 13.7 Å². The molecule has 2 rings (SSSR count). The molecule has 0 bridgehead atoms. The normalized spacial score (nSPS) is 10.5. The summed E-state index contributed by atoms with van der Waals surface area (Å²) in [4.78, 5) is 0. The first kappa shape index (κ1) is 12.6. The molecule has 0 fully saturated rings. The van der Waals surface area contributed by atoms with Gasteiger partial charge in [0, 0.05) is 19.3 Å². The number of aryl methyl sites for hydroxylation is 1. The van der Waals surface area contributed by atoms with E-state index >= 15 is 0 Å². The van der Waals surface area contributed by atoms with Crippen LogP contribution in [0.5, 0.6) is 5.75 Å². The average molecular weight is 246 g/mol. The highest BCUT2D eigenvalue weighted by Crippen LogP contribution is 2.11. The second-order valence-electron chi connectivity index (χ2n) is 4.05. The molecule has 0 amide bonds. The van der Waals surface area contributed by atoms with Gasteiger partial charge >= 0.3 is 0 Å². The fourth-order valence-electron chi connectivity index (χ4n) is 1.73. The van der Waals surface area contributed by atoms with Crippen LogP contribution in [0.1, 0.15) is 12.0 Å². The van der Waals surface area contributed by atoms with E-state index in [1.165, 1.54) is 5.56 Å². The van der Waals surface area contributed by atoms with E-state index in [2.05, 4.69) is 21.7 Å². The molecule has 1 N–H and O–H groups in total. The quantitative estimate of drug-likeness (QED) is 0.752. The predicted molar refractivity (Wildman–Crippen MR) is 69.3 cm³/mol. The molecule has 1 aromatic carbocycles. The third kappa shape index (κ3) is 3.85. The number of ether oxygens (including phenoxy) is 1. The van der Waals surface area contributed by atoms with Crippen molar-refractivity contribution >= 4 is 0 Å². The number of nitrogens with one attached hydrogen (secondary N) is 1. The second-order valence-corrected chi connectivity index (χ2v) is 4.05. The molecule has 96 valence electrons. The van der Waals surface area contributed by atoms with E-state index in [-0.39, 0.29) is 0 Å². The van der Waals surface area contributed by atoms with Crippen LogP contribution in [0, 0.1) is 0 Å². The summed E-state index contributed by atoms with van der Waals surface area (Å²) in [6.07, 6.45) is 4.61. The van der Waals surface area contributed by atoms with Crippen LogP contribution in [0.2, 0.25) is 0 Å². The zero-order chi connectivity index (χ0) is 12.6. The van der Waals surface area contributed by atoms with E-state index in [4.69, 9.17) is 4.74 Å². The first-order valence-electron chi connectivity index (χ1n) is 6.06. The van der Waals surface area contributed by atoms with Gasteiger partial charge in [-0.15, -0.1) is 5.10 Å². The molecule has 5 heteroatoms. The van der Waals surface area contributed by atoms with E-state index in [1.54, 1.807) is 13.3 Å². The van der Waals surface area contributed by atoms with Crippen molar-refractivity contribution in [2.45, 2.75) is 19.5 Å². The van der Waals surface area contributed by atoms with Crippen LogP contribution < -0.4 is 10.1 Å². The molecule has 1 heterocycles. The van der Waals surface area contributed by atoms with Crippen molar-refractivity contribution < 1.29 is 4.74 Å². The van der Waals surface area contributed by atoms with Crippen molar-refractivity contribution in [3.05, 3.63) is 42.2 Å². The van der Waals surface area contributed by atoms with Crippen molar-refractivity contribution in [1.82, 2.24) is 20.3 Å². The summed E-state index contributed by atoms with van der Waals surface area (Å²) in [6.45, 7) is 2.71. The second kappa shape index (κ2) is 6.76. The number of benzene rings is 1. The summed E-state index contributed by atoms with van der Waals surface area (Å²) >= 11 is 0. The van der Waals surface area contributed by atoms with Gasteiger partial charge in [0.15, 0.2) is 0 Å². The Morgan fingerprint density at radius 1 is 1.39 bits per heavy atom. The third-order valence-electron chi connectivity index (χ3n) is 2.68. The fraction of sp³-hybridized carbons (Fsp3) is 0.385. The van der Waals surface area contributed by atoms with E-state index in [0.29, 0.717) is 0 Å². The maximum absolute atomic E-state index is 5.18. The Labute approximate surface area is 107 Å². The number of hydrogen-bond acceptors (Lipinski definition) is 4. The SMILES string of the molecule is COc1cccc(CNCCCn2ccnn2)c1. The molecule has 0 aliphatic carbocycles. The molecular formula is C13H18N4O. The van der Waals surface area contributed by atoms with E-state index in [9.17, 15) is 0 Å². The highest BCUT2D eigenvalue weighted by atomic mass is 16.5. The molecule has 2 aromatic rings. The highest BCUT2D eigenvalue weighted by Gasteiger charge is 1.96. The number of nitrogens with zero attached hydrogens (tertiary/aromatic N) is 3. The van der Waals surface area contributed by atoms with Crippen LogP contribution in [0.25, 0.3) is 0 Å². The molecule has 0 saturated heterocycles. The molecule has 0 saturated carbocycles. The van der Waals surface area contributed by atoms with Crippen LogP contribution in [0.15, 0.2) is 36.7 Å². The van der Waals surface area contributed by atoms with Crippen LogP contribution >= 0.6 is 0 Å². The predicted octanol–water partition coefficient (Wildman–Crippen LogP) is 1.47. The third-order valence-corrected chi connectivity index (χ3v) is 2.68. The topological polar surface area (TPSA) is 52.0 Å². The molecule has 5 nitrogen and oxygen atoms in total. The molecule has 0 aliphatic rings. The Morgan fingerprint density at radius 2 is 2.33 bits per heavy atom. The Morgan fingerprint density at radius 3 is 3.11 bits per heavy atom. The Kier molecular flexibility index (Phi) is 4.72. The van der Waals surface area contributed by atoms with Crippen molar-refractivity contribution in [2.24, 2.45) is 0 Å². The van der Waals surface area contributed by atoms with Crippen molar-refractivity contribution in [3.63, 3.8) is 0 Å². The van der Waals surface area contributed by atoms with Gasteiger partial charge in [0.05, 0.1) is 13.3 Å². The number of methoxy groups -OCH3 is 1. The van der Waals surface area contributed by atoms with Gasteiger partial charge in [0.2, 0.25) is 0 Å². The van der Waals surface area contributed by atoms with Crippen LogP contribution in [0.3, 0.4) is 0 Å². The average Bonchev–Trinajstić information content (AvgIpc) is 2.92. The minimum absolute atomic E-state index is 0.856. The summed E-state index contributed by atoms with van der Waals surface area (Å²) in [6, 6.07) is 8.09. The van der Waals surface area contributed by atoms with E-state index < -0.39 is 0 Å². The molecule has 1 aromatic heterocycles. The summed E-state index contributed by atoms with van der Waals surface area (Å²) in [5, 5.41) is 11.1. The lowest BCUT2D eigenvalue weighted by molar-refractivity contribution is 0.414. The fourth-order valence-corrected chi connectivity index (χ4v) is 1.73. The van der Waals surface area contributed by atoms with Gasteiger partial charge in [-0.25, -0.2) is 0 Å². The van der Waals surface area contributed by atoms with Gasteiger partial charge in [-0.2, -0.15) is 0 Å². The Hall–Kier alpha value is -1.88. The Balaban J connectivity index is 1.65. The minimum Gasteiger partial charge on any atom is -0.497 e. The molecular weight excluding hydrogens is 228 g/mol. The molecule has 18 heavy (non-hydrogen) atoms. The lowest BCUT2D eigenvalue weighted by Crippen LogP contribution is -2.16. The maximum atomic E-state index is 5.18. The van der Waals surface area contributed by atoms with E-state index in [0.717, 1.165) is 31.8 Å². The van der Waals surface area contributed by atoms with Crippen LogP contribution in [-0.2, 0) is 13.1 Å². The van der Waals surface area contributed by atoms with Gasteiger partial charge < -0.3 is 10.1 Å². The van der Waals surface area contributed by atoms with Gasteiger partial charge in [0.25, 0.3) is 0 Å². The van der Waals surface area contributed by atoms with Gasteiger partial charge in [-0.1, -0.05) is 17.3 Å². The van der Waals surface area contributed by atoms with Gasteiger partial charge in [-0.05, 0) is 30.7 Å². The highest BCUT2D eigenvalue weighted by molar-refractivity contribution is 5.28. The monoisotopic (exact) mass is 246 g/mol. The first-order valence-corrected chi connectivity index (χ1v) is 6.06. The summed E-state index contributed by atoms with van der Waals surface area (Å²) < 4.78 is 7.03. The molecule has 0 unspecified atom stereocenters. The summed E-state index contributed by atoms with van der Waals surface area (Å²) in [5.41, 5.74) is 1.23. The largest absolute Gasteiger partial charge is 0.497 e. The summed E-state index contributed by atoms with van der Waals surface area (Å²) in [7, 11) is 1.69. The Bertz CT molecular complexity index is 456. The zero-order valence-electron chi connectivity index (χ0n) is 10.5. The molecule has 0 aliphatic heterocycles. The number of hydrogen-bond donors (Lipinski definition) is 1. The van der Waals surface area contributed by atoms with E-state index in [1.807, 2.05) is 29.1 Å². The number of aromatic nitrogens is 3. The van der Waals surface area contributed by atoms with Crippen molar-refractivity contribution in [1.29, 1.82) is 0 Å². The minimum atomic E-state index is 0.856. The number of rotatable bonds is 7. The standard InChI is InChI=1S/C13H18N4O/c1-18-13-5-2-4-12(10-13)11-14-6-3-8-17-9-7-15-16-17/h2,4-5,7,9-10,14H,3,6,8,11H2,1H3. The summed E-state index contributed by atoms with van der Waals surface area (Å²) in [5.74, 6) is 0.900. The smallest absolute Gasteiger partial charge is 0.119 e. The lowest BCUT2D eigenvalue weighted by atomic mass is 10.2. The molecule has 0 radical (unpaired) electrons.